The Morgan fingerprint density at radius 2 is 2.19 bits per heavy atom. The van der Waals surface area contributed by atoms with E-state index in [2.05, 4.69) is 28.3 Å². The number of allylic oxidation sites excluding steroid dienone is 1. The Hall–Kier alpha value is -3.42. The fraction of sp³-hybridized carbons (Fsp3) is 0.263. The molecule has 1 aliphatic heterocycles. The van der Waals surface area contributed by atoms with Crippen LogP contribution in [0, 0.1) is 0 Å². The van der Waals surface area contributed by atoms with E-state index in [0.29, 0.717) is 47.0 Å². The van der Waals surface area contributed by atoms with Gasteiger partial charge in [-0.3, -0.25) is 14.6 Å². The molecule has 3 rings (SSSR count). The second kappa shape index (κ2) is 7.45. The summed E-state index contributed by atoms with van der Waals surface area (Å²) in [7, 11) is 3.71. The summed E-state index contributed by atoms with van der Waals surface area (Å²) < 4.78 is 5.79. The van der Waals surface area contributed by atoms with Crippen LogP contribution in [-0.2, 0) is 4.79 Å². The van der Waals surface area contributed by atoms with Crippen LogP contribution >= 0.6 is 0 Å². The summed E-state index contributed by atoms with van der Waals surface area (Å²) in [5.74, 6) is 0.886. The van der Waals surface area contributed by atoms with E-state index >= 15 is 0 Å². The van der Waals surface area contributed by atoms with Crippen LogP contribution in [0.3, 0.4) is 0 Å². The number of aliphatic imine (C=N–C) groups is 1. The normalized spacial score (nSPS) is 14.6. The summed E-state index contributed by atoms with van der Waals surface area (Å²) in [5.41, 5.74) is 1.35. The topological polar surface area (TPSA) is 90.9 Å². The van der Waals surface area contributed by atoms with Crippen LogP contribution in [0.4, 0.5) is 0 Å². The molecule has 140 valence electrons. The average molecular weight is 367 g/mol. The second-order valence-electron chi connectivity index (χ2n) is 6.47. The molecule has 8 heteroatoms. The fourth-order valence-corrected chi connectivity index (χ4v) is 2.61. The van der Waals surface area contributed by atoms with Crippen LogP contribution in [0.1, 0.15) is 5.82 Å². The highest BCUT2D eigenvalue weighted by Gasteiger charge is 2.27. The molecule has 0 spiro atoms. The van der Waals surface area contributed by atoms with E-state index in [1.165, 1.54) is 0 Å². The summed E-state index contributed by atoms with van der Waals surface area (Å²) in [6.07, 6.45) is 2.43. The van der Waals surface area contributed by atoms with E-state index in [0.717, 1.165) is 6.41 Å². The van der Waals surface area contributed by atoms with Gasteiger partial charge in [0.15, 0.2) is 5.82 Å². The van der Waals surface area contributed by atoms with Crippen molar-refractivity contribution < 1.29 is 9.53 Å². The van der Waals surface area contributed by atoms with Gasteiger partial charge in [0.05, 0.1) is 24.0 Å². The van der Waals surface area contributed by atoms with E-state index in [-0.39, 0.29) is 11.7 Å². The molecule has 27 heavy (non-hydrogen) atoms. The molecule has 1 aliphatic rings. The Morgan fingerprint density at radius 1 is 1.44 bits per heavy atom. The SMILES string of the molecule is C=N/C(=C\C(=C)N(C)C)c1nc2ccc(OC3CN(C=O)C3)cc2c(=O)[nH]1. The van der Waals surface area contributed by atoms with E-state index in [9.17, 15) is 9.59 Å². The predicted octanol–water partition coefficient (Wildman–Crippen LogP) is 1.26. The third-order valence-electron chi connectivity index (χ3n) is 4.30. The lowest BCUT2D eigenvalue weighted by atomic mass is 10.2. The number of fused-ring (bicyclic) bond motifs is 1. The first-order valence-corrected chi connectivity index (χ1v) is 8.36. The fourth-order valence-electron chi connectivity index (χ4n) is 2.61. The Bertz CT molecular complexity index is 986. The van der Waals surface area contributed by atoms with E-state index in [1.54, 1.807) is 29.2 Å². The van der Waals surface area contributed by atoms with E-state index < -0.39 is 0 Å². The highest BCUT2D eigenvalue weighted by atomic mass is 16.5. The molecule has 1 saturated heterocycles. The molecule has 1 fully saturated rings. The highest BCUT2D eigenvalue weighted by Crippen LogP contribution is 2.22. The maximum absolute atomic E-state index is 12.5. The van der Waals surface area contributed by atoms with Gasteiger partial charge in [0.2, 0.25) is 6.41 Å². The number of hydrogen-bond acceptors (Lipinski definition) is 6. The summed E-state index contributed by atoms with van der Waals surface area (Å²) in [6.45, 7) is 8.55. The van der Waals surface area contributed by atoms with Gasteiger partial charge in [-0.15, -0.1) is 0 Å². The number of hydrogen-bond donors (Lipinski definition) is 1. The maximum atomic E-state index is 12.5. The maximum Gasteiger partial charge on any atom is 0.259 e. The number of rotatable bonds is 7. The van der Waals surface area contributed by atoms with Crippen molar-refractivity contribution in [3.8, 4) is 5.75 Å². The molecule has 0 bridgehead atoms. The Morgan fingerprint density at radius 3 is 2.81 bits per heavy atom. The molecule has 0 aliphatic carbocycles. The van der Waals surface area contributed by atoms with Gasteiger partial charge in [0.25, 0.3) is 5.56 Å². The molecule has 0 unspecified atom stereocenters. The van der Waals surface area contributed by atoms with Crippen LogP contribution in [0.2, 0.25) is 0 Å². The van der Waals surface area contributed by atoms with E-state index in [4.69, 9.17) is 4.74 Å². The van der Waals surface area contributed by atoms with Gasteiger partial charge in [-0.05, 0) is 31.0 Å². The monoisotopic (exact) mass is 367 g/mol. The summed E-state index contributed by atoms with van der Waals surface area (Å²) in [4.78, 5) is 37.7. The number of amides is 1. The number of nitrogens with zero attached hydrogens (tertiary/aromatic N) is 4. The smallest absolute Gasteiger partial charge is 0.259 e. The summed E-state index contributed by atoms with van der Waals surface area (Å²) >= 11 is 0. The van der Waals surface area contributed by atoms with Crippen LogP contribution < -0.4 is 10.3 Å². The molecule has 0 saturated carbocycles. The second-order valence-corrected chi connectivity index (χ2v) is 6.47. The first-order chi connectivity index (χ1) is 12.9. The molecule has 2 heterocycles. The molecule has 0 radical (unpaired) electrons. The van der Waals surface area contributed by atoms with Crippen molar-refractivity contribution in [3.05, 3.63) is 52.7 Å². The van der Waals surface area contributed by atoms with Gasteiger partial charge < -0.3 is 19.5 Å². The molecule has 2 aromatic rings. The number of likely N-dealkylation sites (tertiary alicyclic amines) is 1. The van der Waals surface area contributed by atoms with Gasteiger partial charge in [0, 0.05) is 19.8 Å². The van der Waals surface area contributed by atoms with Crippen LogP contribution in [-0.4, -0.2) is 66.2 Å². The van der Waals surface area contributed by atoms with Crippen molar-refractivity contribution in [2.24, 2.45) is 4.99 Å². The zero-order chi connectivity index (χ0) is 19.6. The van der Waals surface area contributed by atoms with E-state index in [1.807, 2.05) is 19.0 Å². The summed E-state index contributed by atoms with van der Waals surface area (Å²) in [5, 5.41) is 0.415. The lowest BCUT2D eigenvalue weighted by molar-refractivity contribution is -0.126. The van der Waals surface area contributed by atoms with Crippen molar-refractivity contribution in [1.29, 1.82) is 0 Å². The van der Waals surface area contributed by atoms with Crippen molar-refractivity contribution >= 4 is 29.7 Å². The molecule has 1 N–H and O–H groups in total. The number of benzene rings is 1. The van der Waals surface area contributed by atoms with Crippen molar-refractivity contribution in [2.45, 2.75) is 6.10 Å². The average Bonchev–Trinajstić information content (AvgIpc) is 2.62. The molecule has 1 aromatic carbocycles. The van der Waals surface area contributed by atoms with Crippen molar-refractivity contribution in [3.63, 3.8) is 0 Å². The number of H-pyrrole nitrogens is 1. The lowest BCUT2D eigenvalue weighted by Crippen LogP contribution is -2.52. The predicted molar refractivity (Wildman–Crippen MR) is 105 cm³/mol. The number of aromatic nitrogens is 2. The third kappa shape index (κ3) is 3.89. The summed E-state index contributed by atoms with van der Waals surface area (Å²) in [6, 6.07) is 5.13. The Labute approximate surface area is 156 Å². The first kappa shape index (κ1) is 18.4. The minimum Gasteiger partial charge on any atom is -0.487 e. The molecular weight excluding hydrogens is 346 g/mol. The van der Waals surface area contributed by atoms with Crippen LogP contribution in [0.25, 0.3) is 16.6 Å². The number of ether oxygens (including phenoxy) is 1. The number of nitrogens with one attached hydrogen (secondary N) is 1. The molecule has 0 atom stereocenters. The lowest BCUT2D eigenvalue weighted by Gasteiger charge is -2.36. The van der Waals surface area contributed by atoms with Crippen LogP contribution in [0.5, 0.6) is 5.75 Å². The van der Waals surface area contributed by atoms with Gasteiger partial charge in [-0.25, -0.2) is 4.98 Å². The minimum absolute atomic E-state index is 0.0597. The van der Waals surface area contributed by atoms with Crippen molar-refractivity contribution in [2.75, 3.05) is 27.2 Å². The Balaban J connectivity index is 1.90. The number of carbonyl (C=O) groups is 1. The minimum atomic E-state index is -0.298. The van der Waals surface area contributed by atoms with Gasteiger partial charge >= 0.3 is 0 Å². The standard InChI is InChI=1S/C19H21N5O3/c1-12(23(3)4)7-17(20-2)18-21-16-6-5-13(8-15(16)19(26)22-18)27-14-9-24(10-14)11-25/h5-8,11,14H,1-2,9-10H2,3-4H3,(H,21,22,26)/b17-7-. The molecular formula is C19H21N5O3. The largest absolute Gasteiger partial charge is 0.487 e. The third-order valence-corrected chi connectivity index (χ3v) is 4.30. The highest BCUT2D eigenvalue weighted by molar-refractivity contribution is 5.81. The number of likely N-dealkylation sites (N-methyl/N-ethyl adjacent to an activating group) is 1. The quantitative estimate of drug-likeness (QED) is 0.452. The number of carbonyl (C=O) groups excluding carboxylic acids is 1. The zero-order valence-electron chi connectivity index (χ0n) is 15.3. The van der Waals surface area contributed by atoms with Gasteiger partial charge in [-0.2, -0.15) is 0 Å². The Kier molecular flexibility index (Phi) is 5.07. The number of aromatic amines is 1. The molecule has 1 aromatic heterocycles. The van der Waals surface area contributed by atoms with Gasteiger partial charge in [0.1, 0.15) is 17.6 Å². The molecule has 8 nitrogen and oxygen atoms in total. The molecule has 1 amide bonds. The van der Waals surface area contributed by atoms with Crippen LogP contribution in [0.15, 0.2) is 46.3 Å². The zero-order valence-corrected chi connectivity index (χ0v) is 15.3. The van der Waals surface area contributed by atoms with Gasteiger partial charge in [-0.1, -0.05) is 6.58 Å². The first-order valence-electron chi connectivity index (χ1n) is 8.36. The van der Waals surface area contributed by atoms with Crippen molar-refractivity contribution in [1.82, 2.24) is 19.8 Å².